The number of nitriles is 1. The van der Waals surface area contributed by atoms with Gasteiger partial charge in [0.2, 0.25) is 5.13 Å². The van der Waals surface area contributed by atoms with E-state index >= 15 is 0 Å². The summed E-state index contributed by atoms with van der Waals surface area (Å²) in [5.41, 5.74) is 0. The summed E-state index contributed by atoms with van der Waals surface area (Å²) >= 11 is 1.34. The molecule has 0 aromatic carbocycles. The minimum Gasteiger partial charge on any atom is -0.349 e. The fourth-order valence-electron chi connectivity index (χ4n) is 0.865. The van der Waals surface area contributed by atoms with Crippen molar-refractivity contribution in [3.63, 3.8) is 0 Å². The number of anilines is 1. The van der Waals surface area contributed by atoms with Gasteiger partial charge in [-0.05, 0) is 6.92 Å². The second-order valence-electron chi connectivity index (χ2n) is 2.63. The molecule has 12 heavy (non-hydrogen) atoms. The molecule has 0 bridgehead atoms. The largest absolute Gasteiger partial charge is 0.349 e. The third kappa shape index (κ3) is 2.17. The number of hydrogen-bond acceptors (Lipinski definition) is 5. The summed E-state index contributed by atoms with van der Waals surface area (Å²) in [4.78, 5) is 5.96. The first-order valence-corrected chi connectivity index (χ1v) is 4.39. The Balaban J connectivity index is 2.51. The molecular weight excluding hydrogens is 172 g/mol. The van der Waals surface area contributed by atoms with E-state index in [4.69, 9.17) is 5.26 Å². The molecule has 1 aromatic rings. The smallest absolute Gasteiger partial charge is 0.204 e. The average molecular weight is 182 g/mol. The van der Waals surface area contributed by atoms with E-state index in [1.165, 1.54) is 17.9 Å². The first-order chi connectivity index (χ1) is 5.74. The zero-order valence-corrected chi connectivity index (χ0v) is 7.88. The SMILES string of the molecule is CC(C#N)CN(C)c1ncns1. The molecule has 1 rings (SSSR count). The van der Waals surface area contributed by atoms with Crippen LogP contribution in [0.3, 0.4) is 0 Å². The van der Waals surface area contributed by atoms with Crippen LogP contribution in [0.25, 0.3) is 0 Å². The van der Waals surface area contributed by atoms with Gasteiger partial charge in [-0.2, -0.15) is 9.64 Å². The van der Waals surface area contributed by atoms with Gasteiger partial charge < -0.3 is 4.90 Å². The zero-order chi connectivity index (χ0) is 8.97. The normalized spacial score (nSPS) is 12.1. The maximum atomic E-state index is 8.57. The van der Waals surface area contributed by atoms with E-state index in [-0.39, 0.29) is 5.92 Å². The van der Waals surface area contributed by atoms with E-state index in [0.29, 0.717) is 6.54 Å². The highest BCUT2D eigenvalue weighted by molar-refractivity contribution is 7.09. The van der Waals surface area contributed by atoms with Crippen molar-refractivity contribution in [3.8, 4) is 6.07 Å². The van der Waals surface area contributed by atoms with Crippen molar-refractivity contribution in [2.45, 2.75) is 6.92 Å². The van der Waals surface area contributed by atoms with Gasteiger partial charge in [0.15, 0.2) is 0 Å². The summed E-state index contributed by atoms with van der Waals surface area (Å²) in [6.07, 6.45) is 1.52. The second-order valence-corrected chi connectivity index (χ2v) is 3.39. The van der Waals surface area contributed by atoms with Crippen LogP contribution in [0, 0.1) is 17.2 Å². The van der Waals surface area contributed by atoms with Gasteiger partial charge in [0.05, 0.1) is 12.0 Å². The highest BCUT2D eigenvalue weighted by Crippen LogP contribution is 2.13. The average Bonchev–Trinajstić information content (AvgIpc) is 2.56. The van der Waals surface area contributed by atoms with Crippen LogP contribution in [0.1, 0.15) is 6.92 Å². The van der Waals surface area contributed by atoms with Crippen molar-refractivity contribution in [2.75, 3.05) is 18.5 Å². The fraction of sp³-hybridized carbons (Fsp3) is 0.571. The Morgan fingerprint density at radius 3 is 3.08 bits per heavy atom. The van der Waals surface area contributed by atoms with Crippen LogP contribution < -0.4 is 4.90 Å². The Bertz CT molecular complexity index is 263. The molecule has 0 amide bonds. The lowest BCUT2D eigenvalue weighted by atomic mass is 10.2. The molecule has 1 heterocycles. The van der Waals surface area contributed by atoms with E-state index < -0.39 is 0 Å². The quantitative estimate of drug-likeness (QED) is 0.703. The van der Waals surface area contributed by atoms with E-state index in [0.717, 1.165) is 5.13 Å². The van der Waals surface area contributed by atoms with Crippen LogP contribution in [0.15, 0.2) is 6.33 Å². The van der Waals surface area contributed by atoms with Crippen molar-refractivity contribution in [2.24, 2.45) is 5.92 Å². The predicted octanol–water partition coefficient (Wildman–Crippen LogP) is 1.13. The molecule has 0 spiro atoms. The molecule has 0 aliphatic carbocycles. The van der Waals surface area contributed by atoms with E-state index in [9.17, 15) is 0 Å². The van der Waals surface area contributed by atoms with Gasteiger partial charge in [-0.25, -0.2) is 4.98 Å². The molecule has 4 nitrogen and oxygen atoms in total. The Kier molecular flexibility index (Phi) is 3.00. The molecule has 0 fully saturated rings. The minimum absolute atomic E-state index is 0.0268. The zero-order valence-electron chi connectivity index (χ0n) is 7.06. The Morgan fingerprint density at radius 1 is 1.83 bits per heavy atom. The third-order valence-corrected chi connectivity index (χ3v) is 2.22. The van der Waals surface area contributed by atoms with Gasteiger partial charge in [-0.15, -0.1) is 0 Å². The highest BCUT2D eigenvalue weighted by Gasteiger charge is 2.07. The van der Waals surface area contributed by atoms with E-state index in [1.807, 2.05) is 18.9 Å². The third-order valence-electron chi connectivity index (χ3n) is 1.44. The lowest BCUT2D eigenvalue weighted by molar-refractivity contribution is 0.715. The maximum absolute atomic E-state index is 8.57. The number of aromatic nitrogens is 2. The summed E-state index contributed by atoms with van der Waals surface area (Å²) in [7, 11) is 1.91. The van der Waals surface area contributed by atoms with E-state index in [1.54, 1.807) is 0 Å². The first-order valence-electron chi connectivity index (χ1n) is 3.61. The number of hydrogen-bond donors (Lipinski definition) is 0. The molecule has 5 heteroatoms. The van der Waals surface area contributed by atoms with Gasteiger partial charge in [-0.3, -0.25) is 0 Å². The standard InChI is InChI=1S/C7H10N4S/c1-6(3-8)4-11(2)7-9-5-10-12-7/h5-6H,4H2,1-2H3. The van der Waals surface area contributed by atoms with Gasteiger partial charge in [-0.1, -0.05) is 0 Å². The maximum Gasteiger partial charge on any atom is 0.204 e. The molecule has 1 aromatic heterocycles. The summed E-state index contributed by atoms with van der Waals surface area (Å²) in [5.74, 6) is 0.0268. The summed E-state index contributed by atoms with van der Waals surface area (Å²) in [6, 6.07) is 2.17. The Labute approximate surface area is 75.6 Å². The molecule has 0 N–H and O–H groups in total. The molecule has 0 aliphatic rings. The molecule has 0 radical (unpaired) electrons. The molecule has 1 unspecified atom stereocenters. The van der Waals surface area contributed by atoms with Crippen LogP contribution in [0.4, 0.5) is 5.13 Å². The molecule has 0 saturated carbocycles. The van der Waals surface area contributed by atoms with Crippen LogP contribution in [0.5, 0.6) is 0 Å². The lowest BCUT2D eigenvalue weighted by Gasteiger charge is -2.15. The lowest BCUT2D eigenvalue weighted by Crippen LogP contribution is -2.22. The molecule has 64 valence electrons. The van der Waals surface area contributed by atoms with Crippen molar-refractivity contribution in [1.82, 2.24) is 9.36 Å². The van der Waals surface area contributed by atoms with Gasteiger partial charge in [0, 0.05) is 25.1 Å². The predicted molar refractivity (Wildman–Crippen MR) is 48.0 cm³/mol. The van der Waals surface area contributed by atoms with Crippen LogP contribution in [-0.2, 0) is 0 Å². The molecule has 1 atom stereocenters. The summed E-state index contributed by atoms with van der Waals surface area (Å²) < 4.78 is 3.88. The molecular formula is C7H10N4S. The van der Waals surface area contributed by atoms with Crippen molar-refractivity contribution >= 4 is 16.7 Å². The van der Waals surface area contributed by atoms with Crippen molar-refractivity contribution < 1.29 is 0 Å². The summed E-state index contributed by atoms with van der Waals surface area (Å²) in [5, 5.41) is 9.43. The second kappa shape index (κ2) is 4.02. The number of rotatable bonds is 3. The Hall–Kier alpha value is -1.15. The molecule has 0 aliphatic heterocycles. The van der Waals surface area contributed by atoms with Crippen LogP contribution >= 0.6 is 11.5 Å². The van der Waals surface area contributed by atoms with E-state index in [2.05, 4.69) is 15.4 Å². The van der Waals surface area contributed by atoms with Crippen molar-refractivity contribution in [1.29, 1.82) is 5.26 Å². The van der Waals surface area contributed by atoms with Gasteiger partial charge in [0.25, 0.3) is 0 Å². The van der Waals surface area contributed by atoms with Crippen molar-refractivity contribution in [3.05, 3.63) is 6.33 Å². The minimum atomic E-state index is 0.0268. The summed E-state index contributed by atoms with van der Waals surface area (Å²) in [6.45, 7) is 2.59. The number of nitrogens with zero attached hydrogens (tertiary/aromatic N) is 4. The van der Waals surface area contributed by atoms with Gasteiger partial charge >= 0.3 is 0 Å². The monoisotopic (exact) mass is 182 g/mol. The van der Waals surface area contributed by atoms with Crippen LogP contribution in [-0.4, -0.2) is 22.9 Å². The van der Waals surface area contributed by atoms with Crippen LogP contribution in [0.2, 0.25) is 0 Å². The first kappa shape index (κ1) is 8.94. The molecule has 0 saturated heterocycles. The highest BCUT2D eigenvalue weighted by atomic mass is 32.1. The topological polar surface area (TPSA) is 52.8 Å². The van der Waals surface area contributed by atoms with Gasteiger partial charge in [0.1, 0.15) is 6.33 Å². The fourth-order valence-corrected chi connectivity index (χ4v) is 1.36. The Morgan fingerprint density at radius 2 is 2.58 bits per heavy atom.